The van der Waals surface area contributed by atoms with Crippen LogP contribution in [0.4, 0.5) is 0 Å². The third kappa shape index (κ3) is 3.81. The van der Waals surface area contributed by atoms with Gasteiger partial charge < -0.3 is 5.11 Å². The predicted octanol–water partition coefficient (Wildman–Crippen LogP) is 1.65. The number of hydrogen-bond donors (Lipinski definition) is 1. The quantitative estimate of drug-likeness (QED) is 0.789. The number of rotatable bonds is 8. The molecule has 1 N–H and O–H groups in total. The fraction of sp³-hybridized carbons (Fsp3) is 0.667. The molecule has 0 aliphatic rings. The first-order valence-electron chi connectivity index (χ1n) is 6.95. The largest absolute Gasteiger partial charge is 0.481 e. The van der Waals surface area contributed by atoms with Crippen LogP contribution in [0.1, 0.15) is 38.8 Å². The lowest BCUT2D eigenvalue weighted by Gasteiger charge is -2.12. The number of nitrogens with zero attached hydrogens (tertiary/aromatic N) is 6. The number of aromatic nitrogens is 6. The molecule has 0 radical (unpaired) electrons. The van der Waals surface area contributed by atoms with Crippen molar-refractivity contribution in [3.63, 3.8) is 0 Å². The van der Waals surface area contributed by atoms with E-state index in [1.807, 2.05) is 6.92 Å². The van der Waals surface area contributed by atoms with Crippen LogP contribution in [0.3, 0.4) is 0 Å². The molecule has 2 rings (SSSR count). The van der Waals surface area contributed by atoms with Gasteiger partial charge in [0.1, 0.15) is 4.88 Å². The second kappa shape index (κ2) is 7.21. The Morgan fingerprint density at radius 2 is 2.19 bits per heavy atom. The summed E-state index contributed by atoms with van der Waals surface area (Å²) in [5.41, 5.74) is 0.893. The van der Waals surface area contributed by atoms with Gasteiger partial charge in [-0.05, 0) is 34.3 Å². The van der Waals surface area contributed by atoms with E-state index < -0.39 is 5.97 Å². The Bertz CT molecular complexity index is 596. The molecular weight excluding hydrogens is 292 g/mol. The molecule has 0 amide bonds. The van der Waals surface area contributed by atoms with E-state index in [1.54, 1.807) is 4.68 Å². The molecule has 0 aromatic carbocycles. The third-order valence-electron chi connectivity index (χ3n) is 3.25. The molecule has 0 bridgehead atoms. The summed E-state index contributed by atoms with van der Waals surface area (Å²) in [6, 6.07) is 0. The van der Waals surface area contributed by atoms with E-state index in [2.05, 4.69) is 32.0 Å². The van der Waals surface area contributed by atoms with Crippen molar-refractivity contribution in [1.82, 2.24) is 29.8 Å². The summed E-state index contributed by atoms with van der Waals surface area (Å²) < 4.78 is 5.63. The van der Waals surface area contributed by atoms with Crippen molar-refractivity contribution in [1.29, 1.82) is 0 Å². The van der Waals surface area contributed by atoms with Crippen LogP contribution < -0.4 is 0 Å². The maximum absolute atomic E-state index is 10.9. The Morgan fingerprint density at radius 3 is 2.86 bits per heavy atom. The number of aliphatic carboxylic acids is 1. The predicted molar refractivity (Wildman–Crippen MR) is 76.7 cm³/mol. The fourth-order valence-corrected chi connectivity index (χ4v) is 2.80. The van der Waals surface area contributed by atoms with E-state index in [0.29, 0.717) is 12.4 Å². The molecule has 9 heteroatoms. The summed E-state index contributed by atoms with van der Waals surface area (Å²) in [5.74, 6) is -0.180. The summed E-state index contributed by atoms with van der Waals surface area (Å²) >= 11 is 1.27. The number of aryl methyl sites for hydroxylation is 1. The maximum Gasteiger partial charge on any atom is 0.303 e. The Balaban J connectivity index is 2.21. The molecule has 0 aliphatic carbocycles. The van der Waals surface area contributed by atoms with E-state index in [1.165, 1.54) is 11.5 Å². The molecule has 1 unspecified atom stereocenters. The van der Waals surface area contributed by atoms with Crippen LogP contribution in [0, 0.1) is 5.92 Å². The average molecular weight is 310 g/mol. The molecular formula is C12H18N6O2S. The summed E-state index contributed by atoms with van der Waals surface area (Å²) in [7, 11) is 0. The van der Waals surface area contributed by atoms with Gasteiger partial charge in [-0.2, -0.15) is 0 Å². The number of carboxylic acids is 1. The molecule has 0 saturated heterocycles. The van der Waals surface area contributed by atoms with Crippen LogP contribution in [0.25, 0.3) is 10.7 Å². The van der Waals surface area contributed by atoms with Crippen LogP contribution in [0.15, 0.2) is 0 Å². The van der Waals surface area contributed by atoms with Crippen LogP contribution in [0.5, 0.6) is 0 Å². The van der Waals surface area contributed by atoms with Gasteiger partial charge in [-0.25, -0.2) is 4.68 Å². The first-order valence-corrected chi connectivity index (χ1v) is 7.72. The fourth-order valence-electron chi connectivity index (χ4n) is 2.10. The monoisotopic (exact) mass is 310 g/mol. The minimum Gasteiger partial charge on any atom is -0.481 e. The number of carboxylic acid groups (broad SMARTS) is 1. The molecule has 0 fully saturated rings. The van der Waals surface area contributed by atoms with Crippen molar-refractivity contribution >= 4 is 17.5 Å². The van der Waals surface area contributed by atoms with Gasteiger partial charge >= 0.3 is 5.97 Å². The van der Waals surface area contributed by atoms with E-state index in [4.69, 9.17) is 5.11 Å². The molecule has 2 aromatic rings. The van der Waals surface area contributed by atoms with Crippen molar-refractivity contribution < 1.29 is 9.90 Å². The van der Waals surface area contributed by atoms with Crippen molar-refractivity contribution in [3.05, 3.63) is 5.69 Å². The highest BCUT2D eigenvalue weighted by molar-refractivity contribution is 7.09. The number of hydrogen-bond acceptors (Lipinski definition) is 7. The topological polar surface area (TPSA) is 107 Å². The summed E-state index contributed by atoms with van der Waals surface area (Å²) in [5, 5.41) is 24.8. The second-order valence-corrected chi connectivity index (χ2v) is 5.61. The van der Waals surface area contributed by atoms with Crippen molar-refractivity contribution in [2.24, 2.45) is 5.92 Å². The van der Waals surface area contributed by atoms with Crippen molar-refractivity contribution in [3.8, 4) is 10.7 Å². The zero-order chi connectivity index (χ0) is 15.2. The SMILES string of the molecule is CCCc1nnsc1-c1nnnn1CC(CC)CC(=O)O. The van der Waals surface area contributed by atoms with Gasteiger partial charge in [0.15, 0.2) is 5.82 Å². The van der Waals surface area contributed by atoms with Gasteiger partial charge in [-0.3, -0.25) is 4.79 Å². The summed E-state index contributed by atoms with van der Waals surface area (Å²) in [6.07, 6.45) is 2.66. The number of tetrazole rings is 1. The van der Waals surface area contributed by atoms with E-state index in [0.717, 1.165) is 29.8 Å². The minimum atomic E-state index is -0.803. The lowest BCUT2D eigenvalue weighted by molar-refractivity contribution is -0.138. The molecule has 2 heterocycles. The molecule has 0 aliphatic heterocycles. The molecule has 0 saturated carbocycles. The molecule has 2 aromatic heterocycles. The van der Waals surface area contributed by atoms with Gasteiger partial charge in [0, 0.05) is 13.0 Å². The van der Waals surface area contributed by atoms with Gasteiger partial charge in [0.05, 0.1) is 5.69 Å². The van der Waals surface area contributed by atoms with Crippen molar-refractivity contribution in [2.75, 3.05) is 0 Å². The Labute approximate surface area is 126 Å². The standard InChI is InChI=1S/C12H18N6O2S/c1-3-5-9-11(21-17-13-9)12-14-15-16-18(12)7-8(4-2)6-10(19)20/h8H,3-7H2,1-2H3,(H,19,20). The minimum absolute atomic E-state index is 0.000237. The van der Waals surface area contributed by atoms with Crippen LogP contribution in [-0.2, 0) is 17.8 Å². The third-order valence-corrected chi connectivity index (χ3v) is 4.01. The zero-order valence-electron chi connectivity index (χ0n) is 12.1. The van der Waals surface area contributed by atoms with Crippen LogP contribution in [-0.4, -0.2) is 40.9 Å². The Morgan fingerprint density at radius 1 is 1.38 bits per heavy atom. The Hall–Kier alpha value is -1.90. The second-order valence-electron chi connectivity index (χ2n) is 4.86. The lowest BCUT2D eigenvalue weighted by Crippen LogP contribution is -2.16. The normalized spacial score (nSPS) is 12.5. The maximum atomic E-state index is 10.9. The summed E-state index contributed by atoms with van der Waals surface area (Å²) in [4.78, 5) is 11.7. The molecule has 0 spiro atoms. The first-order chi connectivity index (χ1) is 10.2. The lowest BCUT2D eigenvalue weighted by atomic mass is 10.0. The highest BCUT2D eigenvalue weighted by atomic mass is 32.1. The molecule has 21 heavy (non-hydrogen) atoms. The highest BCUT2D eigenvalue weighted by Crippen LogP contribution is 2.25. The summed E-state index contributed by atoms with van der Waals surface area (Å²) in [6.45, 7) is 4.52. The zero-order valence-corrected chi connectivity index (χ0v) is 12.9. The smallest absolute Gasteiger partial charge is 0.303 e. The molecule has 114 valence electrons. The molecule has 8 nitrogen and oxygen atoms in total. The van der Waals surface area contributed by atoms with E-state index in [9.17, 15) is 4.79 Å². The van der Waals surface area contributed by atoms with E-state index in [-0.39, 0.29) is 12.3 Å². The molecule has 1 atom stereocenters. The number of carbonyl (C=O) groups is 1. The van der Waals surface area contributed by atoms with Crippen LogP contribution in [0.2, 0.25) is 0 Å². The van der Waals surface area contributed by atoms with Gasteiger partial charge in [-0.1, -0.05) is 31.2 Å². The Kier molecular flexibility index (Phi) is 5.32. The van der Waals surface area contributed by atoms with Crippen molar-refractivity contribution in [2.45, 2.75) is 46.1 Å². The van der Waals surface area contributed by atoms with Gasteiger partial charge in [0.2, 0.25) is 0 Å². The van der Waals surface area contributed by atoms with Gasteiger partial charge in [-0.15, -0.1) is 10.2 Å². The van der Waals surface area contributed by atoms with Crippen LogP contribution >= 0.6 is 11.5 Å². The highest BCUT2D eigenvalue weighted by Gasteiger charge is 2.20. The average Bonchev–Trinajstić information content (AvgIpc) is 3.06. The van der Waals surface area contributed by atoms with E-state index >= 15 is 0 Å². The first kappa shape index (κ1) is 15.5. The van der Waals surface area contributed by atoms with Gasteiger partial charge in [0.25, 0.3) is 0 Å².